The Morgan fingerprint density at radius 3 is 2.79 bits per heavy atom. The fourth-order valence-corrected chi connectivity index (χ4v) is 1.65. The first-order chi connectivity index (χ1) is 6.77. The van der Waals surface area contributed by atoms with Crippen molar-refractivity contribution in [1.82, 2.24) is 5.32 Å². The van der Waals surface area contributed by atoms with Crippen LogP contribution in [0.3, 0.4) is 0 Å². The number of carbonyl (C=O) groups is 1. The van der Waals surface area contributed by atoms with E-state index in [1.54, 1.807) is 0 Å². The minimum Gasteiger partial charge on any atom is -0.468 e. The van der Waals surface area contributed by atoms with Crippen molar-refractivity contribution in [2.75, 3.05) is 20.2 Å². The molecule has 0 spiro atoms. The summed E-state index contributed by atoms with van der Waals surface area (Å²) in [6.07, 6.45) is 5.19. The predicted octanol–water partition coefficient (Wildman–Crippen LogP) is 0.267. The van der Waals surface area contributed by atoms with Gasteiger partial charge in [0.2, 0.25) is 0 Å². The Kier molecular flexibility index (Phi) is 4.90. The monoisotopic (exact) mass is 200 g/mol. The SMILES string of the molecule is COC(=O)C(CN)NCCC1CCC1. The average Bonchev–Trinajstić information content (AvgIpc) is 2.14. The standard InChI is InChI=1S/C10H20N2O2/c1-14-10(13)9(7-11)12-6-5-8-3-2-4-8/h8-9,12H,2-7,11H2,1H3. The van der Waals surface area contributed by atoms with Gasteiger partial charge >= 0.3 is 5.97 Å². The molecule has 3 N–H and O–H groups in total. The second kappa shape index (κ2) is 5.98. The lowest BCUT2D eigenvalue weighted by molar-refractivity contribution is -0.142. The van der Waals surface area contributed by atoms with Crippen LogP contribution in [-0.2, 0) is 9.53 Å². The maximum atomic E-state index is 11.1. The molecule has 0 bridgehead atoms. The Balaban J connectivity index is 2.09. The van der Waals surface area contributed by atoms with Crippen molar-refractivity contribution in [2.24, 2.45) is 11.7 Å². The first kappa shape index (κ1) is 11.5. The molecular formula is C10H20N2O2. The van der Waals surface area contributed by atoms with Gasteiger partial charge in [-0.2, -0.15) is 0 Å². The molecule has 0 heterocycles. The van der Waals surface area contributed by atoms with Gasteiger partial charge in [-0.25, -0.2) is 0 Å². The smallest absolute Gasteiger partial charge is 0.324 e. The largest absolute Gasteiger partial charge is 0.468 e. The number of rotatable bonds is 6. The molecule has 1 unspecified atom stereocenters. The maximum Gasteiger partial charge on any atom is 0.324 e. The molecule has 1 fully saturated rings. The van der Waals surface area contributed by atoms with Crippen LogP contribution in [0.2, 0.25) is 0 Å². The second-order valence-electron chi connectivity index (χ2n) is 3.85. The van der Waals surface area contributed by atoms with E-state index in [4.69, 9.17) is 5.73 Å². The first-order valence-corrected chi connectivity index (χ1v) is 5.29. The first-order valence-electron chi connectivity index (χ1n) is 5.29. The summed E-state index contributed by atoms with van der Waals surface area (Å²) in [5.41, 5.74) is 5.45. The highest BCUT2D eigenvalue weighted by Gasteiger charge is 2.19. The van der Waals surface area contributed by atoms with E-state index in [-0.39, 0.29) is 12.0 Å². The predicted molar refractivity (Wildman–Crippen MR) is 54.8 cm³/mol. The zero-order chi connectivity index (χ0) is 10.4. The van der Waals surface area contributed by atoms with Crippen LogP contribution in [0.15, 0.2) is 0 Å². The number of carbonyl (C=O) groups excluding carboxylic acids is 1. The van der Waals surface area contributed by atoms with Crippen molar-refractivity contribution in [2.45, 2.75) is 31.7 Å². The zero-order valence-electron chi connectivity index (χ0n) is 8.79. The Bertz CT molecular complexity index is 181. The second-order valence-corrected chi connectivity index (χ2v) is 3.85. The molecule has 0 aliphatic heterocycles. The van der Waals surface area contributed by atoms with E-state index >= 15 is 0 Å². The van der Waals surface area contributed by atoms with Crippen molar-refractivity contribution in [3.8, 4) is 0 Å². The van der Waals surface area contributed by atoms with E-state index in [1.165, 1.54) is 26.4 Å². The molecule has 1 aliphatic rings. The van der Waals surface area contributed by atoms with Crippen molar-refractivity contribution < 1.29 is 9.53 Å². The molecule has 14 heavy (non-hydrogen) atoms. The lowest BCUT2D eigenvalue weighted by atomic mass is 9.83. The molecule has 1 aliphatic carbocycles. The highest BCUT2D eigenvalue weighted by Crippen LogP contribution is 2.28. The van der Waals surface area contributed by atoms with E-state index < -0.39 is 0 Å². The Hall–Kier alpha value is -0.610. The highest BCUT2D eigenvalue weighted by atomic mass is 16.5. The molecule has 1 atom stereocenters. The molecule has 1 saturated carbocycles. The summed E-state index contributed by atoms with van der Waals surface area (Å²) >= 11 is 0. The van der Waals surface area contributed by atoms with Crippen molar-refractivity contribution in [3.63, 3.8) is 0 Å². The fourth-order valence-electron chi connectivity index (χ4n) is 1.65. The Labute approximate surface area is 85.2 Å². The number of hydrogen-bond donors (Lipinski definition) is 2. The van der Waals surface area contributed by atoms with Gasteiger partial charge in [-0.1, -0.05) is 19.3 Å². The van der Waals surface area contributed by atoms with E-state index in [0.717, 1.165) is 18.9 Å². The number of hydrogen-bond acceptors (Lipinski definition) is 4. The molecule has 0 radical (unpaired) electrons. The maximum absolute atomic E-state index is 11.1. The van der Waals surface area contributed by atoms with Crippen LogP contribution in [0.1, 0.15) is 25.7 Å². The van der Waals surface area contributed by atoms with E-state index in [9.17, 15) is 4.79 Å². The lowest BCUT2D eigenvalue weighted by Gasteiger charge is -2.26. The number of esters is 1. The van der Waals surface area contributed by atoms with Crippen LogP contribution in [0.4, 0.5) is 0 Å². The van der Waals surface area contributed by atoms with Crippen LogP contribution < -0.4 is 11.1 Å². The van der Waals surface area contributed by atoms with Crippen LogP contribution >= 0.6 is 0 Å². The van der Waals surface area contributed by atoms with Gasteiger partial charge in [-0.05, 0) is 18.9 Å². The van der Waals surface area contributed by atoms with Gasteiger partial charge in [0, 0.05) is 6.54 Å². The Morgan fingerprint density at radius 2 is 2.36 bits per heavy atom. The van der Waals surface area contributed by atoms with E-state index in [0.29, 0.717) is 6.54 Å². The fraction of sp³-hybridized carbons (Fsp3) is 0.900. The third-order valence-electron chi connectivity index (χ3n) is 2.89. The van der Waals surface area contributed by atoms with Crippen molar-refractivity contribution in [1.29, 1.82) is 0 Å². The van der Waals surface area contributed by atoms with Gasteiger partial charge in [-0.3, -0.25) is 4.79 Å². The molecule has 4 nitrogen and oxygen atoms in total. The highest BCUT2D eigenvalue weighted by molar-refractivity contribution is 5.75. The molecule has 82 valence electrons. The van der Waals surface area contributed by atoms with Gasteiger partial charge in [0.15, 0.2) is 0 Å². The van der Waals surface area contributed by atoms with Gasteiger partial charge in [0.25, 0.3) is 0 Å². The molecule has 0 saturated heterocycles. The lowest BCUT2D eigenvalue weighted by Crippen LogP contribution is -2.44. The Morgan fingerprint density at radius 1 is 1.64 bits per heavy atom. The van der Waals surface area contributed by atoms with E-state index in [1.807, 2.05) is 0 Å². The number of nitrogens with two attached hydrogens (primary N) is 1. The number of nitrogens with one attached hydrogen (secondary N) is 1. The molecule has 0 aromatic carbocycles. The average molecular weight is 200 g/mol. The van der Waals surface area contributed by atoms with Crippen LogP contribution in [0.5, 0.6) is 0 Å². The summed E-state index contributed by atoms with van der Waals surface area (Å²) < 4.78 is 4.62. The van der Waals surface area contributed by atoms with Gasteiger partial charge < -0.3 is 15.8 Å². The third-order valence-corrected chi connectivity index (χ3v) is 2.89. The van der Waals surface area contributed by atoms with Crippen LogP contribution in [0, 0.1) is 5.92 Å². The minimum absolute atomic E-state index is 0.263. The van der Waals surface area contributed by atoms with Crippen LogP contribution in [0.25, 0.3) is 0 Å². The number of ether oxygens (including phenoxy) is 1. The topological polar surface area (TPSA) is 64.3 Å². The normalized spacial score (nSPS) is 18.7. The molecule has 0 amide bonds. The molecule has 4 heteroatoms. The van der Waals surface area contributed by atoms with Gasteiger partial charge in [0.05, 0.1) is 7.11 Å². The van der Waals surface area contributed by atoms with E-state index in [2.05, 4.69) is 10.1 Å². The molecule has 0 aromatic rings. The zero-order valence-corrected chi connectivity index (χ0v) is 8.79. The number of methoxy groups -OCH3 is 1. The van der Waals surface area contributed by atoms with Gasteiger partial charge in [-0.15, -0.1) is 0 Å². The summed E-state index contributed by atoms with van der Waals surface area (Å²) in [5.74, 6) is 0.597. The third kappa shape index (κ3) is 3.27. The summed E-state index contributed by atoms with van der Waals surface area (Å²) in [5, 5.41) is 3.12. The molecule has 1 rings (SSSR count). The summed E-state index contributed by atoms with van der Waals surface area (Å²) in [6.45, 7) is 1.17. The van der Waals surface area contributed by atoms with Gasteiger partial charge in [0.1, 0.15) is 6.04 Å². The summed E-state index contributed by atoms with van der Waals surface area (Å²) in [7, 11) is 1.39. The minimum atomic E-state index is -0.333. The van der Waals surface area contributed by atoms with Crippen molar-refractivity contribution in [3.05, 3.63) is 0 Å². The summed E-state index contributed by atoms with van der Waals surface area (Å²) in [6, 6.07) is -0.333. The molecule has 0 aromatic heterocycles. The van der Waals surface area contributed by atoms with Crippen LogP contribution in [-0.4, -0.2) is 32.2 Å². The quantitative estimate of drug-likeness (QED) is 0.604. The summed E-state index contributed by atoms with van der Waals surface area (Å²) in [4.78, 5) is 11.1. The molecular weight excluding hydrogens is 180 g/mol. The van der Waals surface area contributed by atoms with Crippen molar-refractivity contribution >= 4 is 5.97 Å².